The van der Waals surface area contributed by atoms with Crippen LogP contribution in [0.1, 0.15) is 24.8 Å². The lowest BCUT2D eigenvalue weighted by atomic mass is 9.96. The van der Waals surface area contributed by atoms with Gasteiger partial charge in [-0.15, -0.1) is 0 Å². The van der Waals surface area contributed by atoms with Crippen molar-refractivity contribution in [3.8, 4) is 0 Å². The highest BCUT2D eigenvalue weighted by Crippen LogP contribution is 2.27. The first-order valence-electron chi connectivity index (χ1n) is 13.4. The number of nitrogens with zero attached hydrogens (tertiary/aromatic N) is 5. The summed E-state index contributed by atoms with van der Waals surface area (Å²) >= 11 is 6.11. The van der Waals surface area contributed by atoms with E-state index in [1.807, 2.05) is 30.6 Å². The van der Waals surface area contributed by atoms with Gasteiger partial charge in [-0.2, -0.15) is 13.2 Å². The van der Waals surface area contributed by atoms with Crippen molar-refractivity contribution in [3.05, 3.63) is 53.3 Å². The molecule has 5 rings (SSSR count). The summed E-state index contributed by atoms with van der Waals surface area (Å²) in [5, 5.41) is 17.8. The van der Waals surface area contributed by atoms with E-state index < -0.39 is 12.1 Å². The lowest BCUT2D eigenvalue weighted by Gasteiger charge is -2.47. The standard InChI is InChI=1S/C25H34ClN5O2.C2HF3O2/c26-20-4-2-19(3-5-20)14-22-18-33-24(16-29-11-8-23(32)15-29)17-31(22)21-6-12-30(13-7-21)25-27-9-1-10-28-25;3-2(4,5)1(6)7/h1-5,9-10,21-24,32H,6-8,11-18H2;(H,6,7)/t22-,23?,24-;/m0./s1. The number of anilines is 1. The second-order valence-corrected chi connectivity index (χ2v) is 10.8. The lowest BCUT2D eigenvalue weighted by molar-refractivity contribution is -0.192. The van der Waals surface area contributed by atoms with Crippen molar-refractivity contribution in [2.75, 3.05) is 50.8 Å². The lowest BCUT2D eigenvalue weighted by Crippen LogP contribution is -2.58. The molecule has 3 aliphatic rings. The van der Waals surface area contributed by atoms with Crippen molar-refractivity contribution in [2.45, 2.75) is 56.2 Å². The number of likely N-dealkylation sites (tertiary alicyclic amines) is 1. The van der Waals surface area contributed by atoms with Gasteiger partial charge >= 0.3 is 12.1 Å². The van der Waals surface area contributed by atoms with Crippen molar-refractivity contribution in [3.63, 3.8) is 0 Å². The van der Waals surface area contributed by atoms with Gasteiger partial charge in [0.1, 0.15) is 0 Å². The van der Waals surface area contributed by atoms with E-state index in [1.54, 1.807) is 0 Å². The molecule has 3 saturated heterocycles. The van der Waals surface area contributed by atoms with Gasteiger partial charge in [-0.3, -0.25) is 9.80 Å². The Labute approximate surface area is 236 Å². The number of piperidine rings is 1. The van der Waals surface area contributed by atoms with Gasteiger partial charge < -0.3 is 19.8 Å². The van der Waals surface area contributed by atoms with E-state index >= 15 is 0 Å². The van der Waals surface area contributed by atoms with Crippen molar-refractivity contribution >= 4 is 23.5 Å². The molecular weight excluding hydrogens is 551 g/mol. The molecule has 3 aliphatic heterocycles. The average molecular weight is 586 g/mol. The Balaban J connectivity index is 0.000000470. The summed E-state index contributed by atoms with van der Waals surface area (Å²) in [6.45, 7) is 6.26. The monoisotopic (exact) mass is 585 g/mol. The van der Waals surface area contributed by atoms with Crippen molar-refractivity contribution < 1.29 is 32.9 Å². The fraction of sp³-hybridized carbons (Fsp3) is 0.593. The Hall–Kier alpha value is -2.51. The van der Waals surface area contributed by atoms with E-state index in [4.69, 9.17) is 26.2 Å². The third-order valence-corrected chi connectivity index (χ3v) is 7.76. The molecule has 9 nitrogen and oxygen atoms in total. The maximum Gasteiger partial charge on any atom is 0.490 e. The van der Waals surface area contributed by atoms with Gasteiger partial charge in [0.05, 0.1) is 18.8 Å². The number of carbonyl (C=O) groups is 1. The minimum Gasteiger partial charge on any atom is -0.475 e. The maximum atomic E-state index is 10.6. The van der Waals surface area contributed by atoms with Crippen LogP contribution in [-0.4, -0.2) is 112 Å². The SMILES string of the molecule is O=C(O)C(F)(F)F.OC1CCN(C[C@H]2CN(C3CCN(c4ncccn4)CC3)[C@@H](Cc3ccc(Cl)cc3)CO2)C1. The number of hydrogen-bond acceptors (Lipinski definition) is 8. The van der Waals surface area contributed by atoms with Crippen LogP contribution in [0.15, 0.2) is 42.7 Å². The number of rotatable bonds is 6. The number of halogens is 4. The molecule has 0 radical (unpaired) electrons. The zero-order valence-electron chi connectivity index (χ0n) is 22.1. The molecule has 13 heteroatoms. The smallest absolute Gasteiger partial charge is 0.475 e. The summed E-state index contributed by atoms with van der Waals surface area (Å²) in [5.74, 6) is -1.92. The van der Waals surface area contributed by atoms with Gasteiger partial charge in [-0.25, -0.2) is 14.8 Å². The minimum absolute atomic E-state index is 0.187. The maximum absolute atomic E-state index is 10.6. The number of hydrogen-bond donors (Lipinski definition) is 2. The topological polar surface area (TPSA) is 102 Å². The van der Waals surface area contributed by atoms with Crippen LogP contribution in [0, 0.1) is 0 Å². The predicted octanol–water partition coefficient (Wildman–Crippen LogP) is 3.11. The normalized spacial score (nSPS) is 24.9. The molecule has 0 bridgehead atoms. The van der Waals surface area contributed by atoms with Crippen molar-refractivity contribution in [2.24, 2.45) is 0 Å². The first kappa shape index (κ1) is 30.4. The molecule has 4 heterocycles. The van der Waals surface area contributed by atoms with Crippen LogP contribution in [0.3, 0.4) is 0 Å². The van der Waals surface area contributed by atoms with Gasteiger partial charge in [0.2, 0.25) is 5.95 Å². The van der Waals surface area contributed by atoms with E-state index in [0.717, 1.165) is 82.5 Å². The molecule has 1 aromatic heterocycles. The molecule has 40 heavy (non-hydrogen) atoms. The van der Waals surface area contributed by atoms with Crippen molar-refractivity contribution in [1.29, 1.82) is 0 Å². The summed E-state index contributed by atoms with van der Waals surface area (Å²) in [7, 11) is 0. The van der Waals surface area contributed by atoms with Gasteiger partial charge in [0.15, 0.2) is 0 Å². The van der Waals surface area contributed by atoms with Crippen LogP contribution in [0.4, 0.5) is 19.1 Å². The number of morpholine rings is 1. The fourth-order valence-electron chi connectivity index (χ4n) is 5.52. The molecule has 0 aliphatic carbocycles. The molecule has 2 N–H and O–H groups in total. The van der Waals surface area contributed by atoms with Crippen LogP contribution in [0.2, 0.25) is 5.02 Å². The van der Waals surface area contributed by atoms with Crippen LogP contribution in [-0.2, 0) is 16.0 Å². The summed E-state index contributed by atoms with van der Waals surface area (Å²) in [5.41, 5.74) is 1.30. The van der Waals surface area contributed by atoms with Crippen LogP contribution < -0.4 is 4.90 Å². The molecule has 0 saturated carbocycles. The molecule has 0 spiro atoms. The zero-order chi connectivity index (χ0) is 28.7. The molecule has 1 unspecified atom stereocenters. The highest BCUT2D eigenvalue weighted by atomic mass is 35.5. The summed E-state index contributed by atoms with van der Waals surface area (Å²) in [4.78, 5) is 25.1. The van der Waals surface area contributed by atoms with E-state index in [0.29, 0.717) is 12.1 Å². The van der Waals surface area contributed by atoms with Crippen LogP contribution >= 0.6 is 11.6 Å². The molecular formula is C27H35ClF3N5O4. The van der Waals surface area contributed by atoms with Crippen LogP contribution in [0.5, 0.6) is 0 Å². The minimum atomic E-state index is -5.08. The second kappa shape index (κ2) is 13.9. The highest BCUT2D eigenvalue weighted by Gasteiger charge is 2.38. The number of carboxylic acid groups (broad SMARTS) is 1. The third-order valence-electron chi connectivity index (χ3n) is 7.51. The van der Waals surface area contributed by atoms with E-state index in [2.05, 4.69) is 36.8 Å². The van der Waals surface area contributed by atoms with Gasteiger partial charge in [-0.05, 0) is 49.4 Å². The Kier molecular flexibility index (Phi) is 10.6. The predicted molar refractivity (Wildman–Crippen MR) is 143 cm³/mol. The van der Waals surface area contributed by atoms with E-state index in [1.165, 1.54) is 5.56 Å². The number of aliphatic hydroxyl groups is 1. The molecule has 2 aromatic rings. The number of aromatic nitrogens is 2. The first-order valence-corrected chi connectivity index (χ1v) is 13.8. The van der Waals surface area contributed by atoms with Crippen LogP contribution in [0.25, 0.3) is 0 Å². The Morgan fingerprint density at radius 2 is 1.70 bits per heavy atom. The first-order chi connectivity index (χ1) is 19.1. The summed E-state index contributed by atoms with van der Waals surface area (Å²) < 4.78 is 38.1. The molecule has 220 valence electrons. The molecule has 0 amide bonds. The third kappa shape index (κ3) is 8.74. The average Bonchev–Trinajstić information content (AvgIpc) is 3.35. The van der Waals surface area contributed by atoms with Gasteiger partial charge in [0.25, 0.3) is 0 Å². The number of benzene rings is 1. The number of alkyl halides is 3. The number of β-amino-alcohol motifs (C(OH)–C–C–N with tert-alkyl or cyclic N) is 1. The van der Waals surface area contributed by atoms with E-state index in [-0.39, 0.29) is 12.2 Å². The second-order valence-electron chi connectivity index (χ2n) is 10.4. The summed E-state index contributed by atoms with van der Waals surface area (Å²) in [6, 6.07) is 11.0. The fourth-order valence-corrected chi connectivity index (χ4v) is 5.65. The Morgan fingerprint density at radius 1 is 1.05 bits per heavy atom. The molecule has 3 atom stereocenters. The zero-order valence-corrected chi connectivity index (χ0v) is 22.8. The molecule has 1 aromatic carbocycles. The van der Waals surface area contributed by atoms with Gasteiger partial charge in [-0.1, -0.05) is 23.7 Å². The quantitative estimate of drug-likeness (QED) is 0.529. The number of carboxylic acids is 1. The summed E-state index contributed by atoms with van der Waals surface area (Å²) in [6.07, 6.45) is 2.59. The number of aliphatic carboxylic acids is 1. The highest BCUT2D eigenvalue weighted by molar-refractivity contribution is 6.30. The number of ether oxygens (including phenoxy) is 1. The Morgan fingerprint density at radius 3 is 2.27 bits per heavy atom. The Bertz CT molecular complexity index is 1070. The van der Waals surface area contributed by atoms with E-state index in [9.17, 15) is 18.3 Å². The van der Waals surface area contributed by atoms with Crippen molar-refractivity contribution in [1.82, 2.24) is 19.8 Å². The molecule has 3 fully saturated rings. The van der Waals surface area contributed by atoms with Gasteiger partial charge in [0, 0.05) is 68.8 Å². The number of aliphatic hydroxyl groups excluding tert-OH is 1. The largest absolute Gasteiger partial charge is 0.490 e.